The summed E-state index contributed by atoms with van der Waals surface area (Å²) >= 11 is 0. The first kappa shape index (κ1) is 46.5. The van der Waals surface area contributed by atoms with Crippen molar-refractivity contribution < 1.29 is 29.1 Å². The molecule has 14 heteroatoms. The second-order valence-electron chi connectivity index (χ2n) is 18.1. The van der Waals surface area contributed by atoms with E-state index in [1.54, 1.807) is 18.2 Å². The highest BCUT2D eigenvalue weighted by molar-refractivity contribution is 6.23. The third-order valence-corrected chi connectivity index (χ3v) is 13.4. The number of rotatable bonds is 16. The number of hydrogen-bond acceptors (Lipinski definition) is 9. The minimum absolute atomic E-state index is 0.00633. The van der Waals surface area contributed by atoms with Gasteiger partial charge < -0.3 is 24.9 Å². The van der Waals surface area contributed by atoms with Crippen LogP contribution in [-0.4, -0.2) is 78.9 Å². The molecule has 0 spiro atoms. The van der Waals surface area contributed by atoms with E-state index in [9.17, 15) is 34.5 Å². The monoisotopic (exact) mass is 924 g/mol. The summed E-state index contributed by atoms with van der Waals surface area (Å²) in [6.07, 6.45) is 8.88. The van der Waals surface area contributed by atoms with Gasteiger partial charge in [0.1, 0.15) is 17.2 Å². The molecule has 4 heterocycles. The van der Waals surface area contributed by atoms with Crippen molar-refractivity contribution in [2.75, 3.05) is 18.4 Å². The molecule has 1 aliphatic carbocycles. The van der Waals surface area contributed by atoms with Crippen LogP contribution in [-0.2, 0) is 20.9 Å². The molecule has 3 aliphatic rings. The van der Waals surface area contributed by atoms with Crippen LogP contribution in [0.1, 0.15) is 115 Å². The number of benzene rings is 4. The van der Waals surface area contributed by atoms with E-state index in [4.69, 9.17) is 4.98 Å². The Morgan fingerprint density at radius 2 is 1.54 bits per heavy atom. The van der Waals surface area contributed by atoms with Crippen LogP contribution in [0.25, 0.3) is 33.4 Å². The largest absolute Gasteiger partial charge is 0.393 e. The molecular formula is C55H56N8O6. The van der Waals surface area contributed by atoms with E-state index in [-0.39, 0.29) is 42.0 Å². The van der Waals surface area contributed by atoms with Gasteiger partial charge in [-0.05, 0) is 105 Å². The smallest absolute Gasteiger partial charge is 0.262 e. The number of aliphatic hydroxyl groups is 1. The van der Waals surface area contributed by atoms with E-state index in [1.165, 1.54) is 0 Å². The van der Waals surface area contributed by atoms with Gasteiger partial charge in [-0.3, -0.25) is 39.6 Å². The van der Waals surface area contributed by atoms with Crippen molar-refractivity contribution in [2.45, 2.75) is 102 Å². The van der Waals surface area contributed by atoms with Crippen LogP contribution < -0.4 is 21.4 Å². The molecule has 0 bridgehead atoms. The lowest BCUT2D eigenvalue weighted by Gasteiger charge is -2.27. The average Bonchev–Trinajstić information content (AvgIpc) is 3.81. The van der Waals surface area contributed by atoms with Gasteiger partial charge in [0.2, 0.25) is 17.7 Å². The number of nitrogens with one attached hydrogen (secondary N) is 4. The number of nitrogens with zero attached hydrogens (tertiary/aromatic N) is 4. The van der Waals surface area contributed by atoms with Gasteiger partial charge in [0.15, 0.2) is 0 Å². The van der Waals surface area contributed by atoms with Gasteiger partial charge in [0.05, 0.1) is 34.6 Å². The highest BCUT2D eigenvalue weighted by Crippen LogP contribution is 2.40. The Kier molecular flexibility index (Phi) is 14.2. The molecule has 5 N–H and O–H groups in total. The highest BCUT2D eigenvalue weighted by atomic mass is 16.3. The number of hydrogen-bond donors (Lipinski definition) is 5. The summed E-state index contributed by atoms with van der Waals surface area (Å²) in [7, 11) is 0. The zero-order valence-corrected chi connectivity index (χ0v) is 38.5. The second-order valence-corrected chi connectivity index (χ2v) is 18.1. The molecular weight excluding hydrogens is 869 g/mol. The molecule has 9 rings (SSSR count). The third-order valence-electron chi connectivity index (χ3n) is 13.4. The molecule has 6 aromatic rings. The molecule has 2 fully saturated rings. The van der Waals surface area contributed by atoms with Crippen LogP contribution in [0.3, 0.4) is 0 Å². The van der Waals surface area contributed by atoms with E-state index >= 15 is 0 Å². The molecule has 1 saturated carbocycles. The van der Waals surface area contributed by atoms with E-state index < -0.39 is 29.7 Å². The molecule has 14 nitrogen and oxygen atoms in total. The predicted octanol–water partition coefficient (Wildman–Crippen LogP) is 7.50. The fraction of sp³-hybridized carbons (Fsp3) is 0.327. The normalized spacial score (nSPS) is 17.9. The molecule has 1 saturated heterocycles. The first-order chi connectivity index (χ1) is 33.6. The number of amides is 5. The number of imide groups is 2. The number of fused-ring (bicyclic) bond motifs is 2. The van der Waals surface area contributed by atoms with Crippen LogP contribution in [0, 0.1) is 17.3 Å². The van der Waals surface area contributed by atoms with Crippen molar-refractivity contribution >= 4 is 46.3 Å². The lowest BCUT2D eigenvalue weighted by atomic mass is 9.93. The number of carbonyl (C=O) groups excluding carboxylic acids is 5. The Bertz CT molecular complexity index is 3030. The van der Waals surface area contributed by atoms with Crippen LogP contribution in [0.5, 0.6) is 0 Å². The van der Waals surface area contributed by atoms with Gasteiger partial charge >= 0.3 is 0 Å². The molecule has 1 atom stereocenters. The number of unbranched alkanes of at least 4 members (excludes halogenated alkanes) is 3. The van der Waals surface area contributed by atoms with Crippen LogP contribution >= 0.6 is 0 Å². The Morgan fingerprint density at radius 1 is 0.797 bits per heavy atom. The van der Waals surface area contributed by atoms with Gasteiger partial charge in [-0.15, -0.1) is 0 Å². The fourth-order valence-corrected chi connectivity index (χ4v) is 9.79. The molecule has 5 amide bonds. The Labute approximate surface area is 400 Å². The number of aromatic nitrogens is 3. The van der Waals surface area contributed by atoms with Gasteiger partial charge in [0, 0.05) is 61.8 Å². The number of anilines is 1. The van der Waals surface area contributed by atoms with Crippen LogP contribution in [0.2, 0.25) is 0 Å². The van der Waals surface area contributed by atoms with Crippen molar-refractivity contribution in [1.82, 2.24) is 29.7 Å². The first-order valence-electron chi connectivity index (χ1n) is 24.1. The second kappa shape index (κ2) is 21.1. The topological polar surface area (TPSA) is 192 Å². The fourth-order valence-electron chi connectivity index (χ4n) is 9.79. The number of piperidine rings is 1. The first-order valence-corrected chi connectivity index (χ1v) is 24.1. The summed E-state index contributed by atoms with van der Waals surface area (Å²) in [6.45, 7) is 1.67. The van der Waals surface area contributed by atoms with Gasteiger partial charge in [-0.2, -0.15) is 0 Å². The number of carbonyl (C=O) groups is 5. The van der Waals surface area contributed by atoms with Crippen molar-refractivity contribution in [3.05, 3.63) is 137 Å². The molecule has 69 heavy (non-hydrogen) atoms. The highest BCUT2D eigenvalue weighted by Gasteiger charge is 2.44. The summed E-state index contributed by atoms with van der Waals surface area (Å²) in [5, 5.41) is 29.2. The summed E-state index contributed by atoms with van der Waals surface area (Å²) in [4.78, 5) is 68.6. The van der Waals surface area contributed by atoms with Gasteiger partial charge in [-0.1, -0.05) is 84.6 Å². The SMILES string of the molecule is N=c1c2c(-c3ccccc3)c(-c3ccccc3)n(Cc3cccc(C#CCCCCNC(=O)CCCCNc4ccc5c(c4)C(=O)N(C4CCC(=O)NC4=O)C5=O)c3)c2ncn1C1CCC(O)CC1. The predicted molar refractivity (Wildman–Crippen MR) is 263 cm³/mol. The quantitative estimate of drug-likeness (QED) is 0.0375. The Balaban J connectivity index is 0.766. The molecule has 4 aromatic carbocycles. The third kappa shape index (κ3) is 10.3. The van der Waals surface area contributed by atoms with Crippen molar-refractivity contribution in [3.8, 4) is 34.2 Å². The minimum atomic E-state index is -1.01. The van der Waals surface area contributed by atoms with Gasteiger partial charge in [-0.25, -0.2) is 4.98 Å². The van der Waals surface area contributed by atoms with E-state index in [0.717, 1.165) is 81.5 Å². The number of aliphatic hydroxyl groups excluding tert-OH is 1. The maximum Gasteiger partial charge on any atom is 0.262 e. The molecule has 2 aromatic heterocycles. The standard InChI is InChI=1S/C55H56N8O6/c56-51-49-48(38-17-6-3-7-18-38)50(39-19-8-4-9-20-39)61(52(49)59-35-62(51)41-23-25-42(64)26-24-41)34-37-16-13-15-36(32-37)14-5-1-2-11-31-58-46(65)21-10-12-30-57-40-22-27-43-44(33-40)55(69)63(54(43)68)45-28-29-47(66)60-53(45)67/h3-4,6-9,13,15-20,22,27,32-33,35,41-42,45,56-57,64H,1-2,10-12,21,23-26,28-31,34H2,(H,58,65)(H,60,66,67). The zero-order chi connectivity index (χ0) is 47.9. The Hall–Kier alpha value is -7.63. The zero-order valence-electron chi connectivity index (χ0n) is 38.5. The molecule has 352 valence electrons. The van der Waals surface area contributed by atoms with Crippen LogP contribution in [0.4, 0.5) is 5.69 Å². The average molecular weight is 925 g/mol. The van der Waals surface area contributed by atoms with E-state index in [2.05, 4.69) is 68.8 Å². The van der Waals surface area contributed by atoms with Crippen LogP contribution in [0.15, 0.2) is 109 Å². The van der Waals surface area contributed by atoms with E-state index in [1.807, 2.05) is 59.4 Å². The van der Waals surface area contributed by atoms with Gasteiger partial charge in [0.25, 0.3) is 11.8 Å². The summed E-state index contributed by atoms with van der Waals surface area (Å²) in [5.41, 5.74) is 8.32. The summed E-state index contributed by atoms with van der Waals surface area (Å²) in [6, 6.07) is 32.9. The van der Waals surface area contributed by atoms with Crippen molar-refractivity contribution in [1.29, 1.82) is 5.41 Å². The summed E-state index contributed by atoms with van der Waals surface area (Å²) in [5.74, 6) is 4.52. The molecule has 2 aliphatic heterocycles. The van der Waals surface area contributed by atoms with E-state index in [0.29, 0.717) is 62.9 Å². The maximum absolute atomic E-state index is 13.1. The Morgan fingerprint density at radius 3 is 2.30 bits per heavy atom. The minimum Gasteiger partial charge on any atom is -0.393 e. The lowest BCUT2D eigenvalue weighted by Crippen LogP contribution is -2.54. The molecule has 1 unspecified atom stereocenters. The molecule has 0 radical (unpaired) electrons. The maximum atomic E-state index is 13.1. The lowest BCUT2D eigenvalue weighted by molar-refractivity contribution is -0.136. The van der Waals surface area contributed by atoms with Crippen molar-refractivity contribution in [2.24, 2.45) is 0 Å². The summed E-state index contributed by atoms with van der Waals surface area (Å²) < 4.78 is 4.25. The van der Waals surface area contributed by atoms with Crippen molar-refractivity contribution in [3.63, 3.8) is 0 Å².